The smallest absolute Gasteiger partial charge is 0.262 e. The molecule has 2 N–H and O–H groups in total. The molecule has 8 heteroatoms. The Morgan fingerprint density at radius 2 is 1.53 bits per heavy atom. The van der Waals surface area contributed by atoms with Gasteiger partial charge in [0.05, 0.1) is 19.2 Å². The van der Waals surface area contributed by atoms with Crippen molar-refractivity contribution >= 4 is 23.2 Å². The van der Waals surface area contributed by atoms with Crippen LogP contribution in [0.15, 0.2) is 89.5 Å². The predicted molar refractivity (Wildman–Crippen MR) is 128 cm³/mol. The van der Waals surface area contributed by atoms with Gasteiger partial charge in [0.2, 0.25) is 11.8 Å². The van der Waals surface area contributed by atoms with Crippen LogP contribution in [0.3, 0.4) is 0 Å². The number of anilines is 2. The first-order chi connectivity index (χ1) is 16.6. The van der Waals surface area contributed by atoms with Crippen molar-refractivity contribution in [3.05, 3.63) is 90.8 Å². The van der Waals surface area contributed by atoms with E-state index >= 15 is 0 Å². The molecule has 8 nitrogen and oxygen atoms in total. The van der Waals surface area contributed by atoms with Crippen molar-refractivity contribution in [2.75, 3.05) is 24.4 Å². The van der Waals surface area contributed by atoms with E-state index in [1.54, 1.807) is 42.5 Å². The van der Waals surface area contributed by atoms with Crippen LogP contribution in [-0.2, 0) is 16.0 Å². The second-order valence-corrected chi connectivity index (χ2v) is 7.30. The lowest BCUT2D eigenvalue weighted by Gasteiger charge is -2.11. The SMILES string of the molecule is COc1ccccc1OCC(=O)Nc1cccc(NC(=O)Cc2coc(-c3ccccc3)n2)c1. The number of amides is 2. The highest BCUT2D eigenvalue weighted by molar-refractivity contribution is 5.95. The molecule has 0 fully saturated rings. The highest BCUT2D eigenvalue weighted by Gasteiger charge is 2.12. The van der Waals surface area contributed by atoms with E-state index in [1.165, 1.54) is 13.4 Å². The molecule has 4 rings (SSSR count). The van der Waals surface area contributed by atoms with Crippen molar-refractivity contribution in [3.8, 4) is 23.0 Å². The summed E-state index contributed by atoms with van der Waals surface area (Å²) in [6.45, 7) is -0.188. The normalized spacial score (nSPS) is 10.4. The molecule has 0 atom stereocenters. The molecule has 2 amide bonds. The third-order valence-electron chi connectivity index (χ3n) is 4.77. The molecule has 0 unspecified atom stereocenters. The van der Waals surface area contributed by atoms with E-state index < -0.39 is 0 Å². The van der Waals surface area contributed by atoms with Gasteiger partial charge in [-0.3, -0.25) is 9.59 Å². The summed E-state index contributed by atoms with van der Waals surface area (Å²) in [7, 11) is 1.53. The molecule has 1 aromatic heterocycles. The van der Waals surface area contributed by atoms with Gasteiger partial charge in [0.1, 0.15) is 6.26 Å². The van der Waals surface area contributed by atoms with Crippen molar-refractivity contribution in [3.63, 3.8) is 0 Å². The molecule has 0 saturated carbocycles. The Labute approximate surface area is 196 Å². The molecular formula is C26H23N3O5. The van der Waals surface area contributed by atoms with Crippen LogP contribution >= 0.6 is 0 Å². The Balaban J connectivity index is 1.30. The fraction of sp³-hybridized carbons (Fsp3) is 0.115. The van der Waals surface area contributed by atoms with Gasteiger partial charge in [0, 0.05) is 16.9 Å². The maximum atomic E-state index is 12.5. The van der Waals surface area contributed by atoms with E-state index in [4.69, 9.17) is 13.9 Å². The van der Waals surface area contributed by atoms with Gasteiger partial charge in [-0.05, 0) is 42.5 Å². The summed E-state index contributed by atoms with van der Waals surface area (Å²) < 4.78 is 16.2. The summed E-state index contributed by atoms with van der Waals surface area (Å²) in [5, 5.41) is 5.56. The van der Waals surface area contributed by atoms with E-state index in [2.05, 4.69) is 15.6 Å². The number of para-hydroxylation sites is 2. The van der Waals surface area contributed by atoms with E-state index in [9.17, 15) is 9.59 Å². The van der Waals surface area contributed by atoms with Crippen LogP contribution < -0.4 is 20.1 Å². The molecule has 0 aliphatic heterocycles. The van der Waals surface area contributed by atoms with Gasteiger partial charge in [-0.15, -0.1) is 0 Å². The highest BCUT2D eigenvalue weighted by atomic mass is 16.5. The molecule has 0 spiro atoms. The lowest BCUT2D eigenvalue weighted by atomic mass is 10.2. The minimum absolute atomic E-state index is 0.0552. The van der Waals surface area contributed by atoms with Crippen molar-refractivity contribution in [1.29, 1.82) is 0 Å². The minimum Gasteiger partial charge on any atom is -0.493 e. The minimum atomic E-state index is -0.342. The van der Waals surface area contributed by atoms with E-state index in [0.29, 0.717) is 34.5 Å². The number of hydrogen-bond acceptors (Lipinski definition) is 6. The number of carbonyl (C=O) groups is 2. The predicted octanol–water partition coefficient (Wildman–Crippen LogP) is 4.55. The standard InChI is InChI=1S/C26H23N3O5/c1-32-22-12-5-6-13-23(22)33-17-25(31)28-20-11-7-10-19(14-20)27-24(30)15-21-16-34-26(29-21)18-8-3-2-4-9-18/h2-14,16H,15,17H2,1H3,(H,27,30)(H,28,31). The second-order valence-electron chi connectivity index (χ2n) is 7.30. The van der Waals surface area contributed by atoms with Crippen LogP contribution in [0.1, 0.15) is 5.69 Å². The number of rotatable bonds is 9. The average molecular weight is 457 g/mol. The van der Waals surface area contributed by atoms with Gasteiger partial charge >= 0.3 is 0 Å². The maximum Gasteiger partial charge on any atom is 0.262 e. The summed E-state index contributed by atoms with van der Waals surface area (Å²) >= 11 is 0. The van der Waals surface area contributed by atoms with Crippen LogP contribution in [0.5, 0.6) is 11.5 Å². The molecule has 0 radical (unpaired) electrons. The molecule has 34 heavy (non-hydrogen) atoms. The quantitative estimate of drug-likeness (QED) is 0.382. The Morgan fingerprint density at radius 1 is 0.853 bits per heavy atom. The number of nitrogens with zero attached hydrogens (tertiary/aromatic N) is 1. The fourth-order valence-corrected chi connectivity index (χ4v) is 3.22. The van der Waals surface area contributed by atoms with Crippen LogP contribution in [0.2, 0.25) is 0 Å². The first-order valence-corrected chi connectivity index (χ1v) is 10.6. The van der Waals surface area contributed by atoms with E-state index in [1.807, 2.05) is 36.4 Å². The van der Waals surface area contributed by atoms with Gasteiger partial charge < -0.3 is 24.5 Å². The van der Waals surface area contributed by atoms with Crippen molar-refractivity contribution in [2.24, 2.45) is 0 Å². The molecule has 0 bridgehead atoms. The second kappa shape index (κ2) is 10.8. The average Bonchev–Trinajstić information content (AvgIpc) is 3.32. The van der Waals surface area contributed by atoms with Gasteiger partial charge in [-0.25, -0.2) is 4.98 Å². The Bertz CT molecular complexity index is 1270. The van der Waals surface area contributed by atoms with Crippen molar-refractivity contribution in [1.82, 2.24) is 4.98 Å². The van der Waals surface area contributed by atoms with Crippen LogP contribution in [0, 0.1) is 0 Å². The zero-order valence-electron chi connectivity index (χ0n) is 18.5. The van der Waals surface area contributed by atoms with Crippen molar-refractivity contribution < 1.29 is 23.5 Å². The molecule has 172 valence electrons. The number of nitrogens with one attached hydrogen (secondary N) is 2. The van der Waals surface area contributed by atoms with Crippen LogP contribution in [0.4, 0.5) is 11.4 Å². The molecule has 0 aliphatic rings. The number of benzene rings is 3. The summed E-state index contributed by atoms with van der Waals surface area (Å²) in [4.78, 5) is 29.1. The van der Waals surface area contributed by atoms with Gasteiger partial charge in [0.25, 0.3) is 5.91 Å². The van der Waals surface area contributed by atoms with Gasteiger partial charge in [-0.2, -0.15) is 0 Å². The van der Waals surface area contributed by atoms with E-state index in [-0.39, 0.29) is 24.8 Å². The number of ether oxygens (including phenoxy) is 2. The molecule has 4 aromatic rings. The van der Waals surface area contributed by atoms with Crippen molar-refractivity contribution in [2.45, 2.75) is 6.42 Å². The number of carbonyl (C=O) groups excluding carboxylic acids is 2. The lowest BCUT2D eigenvalue weighted by Crippen LogP contribution is -2.20. The first kappa shape index (κ1) is 22.6. The lowest BCUT2D eigenvalue weighted by molar-refractivity contribution is -0.118. The third kappa shape index (κ3) is 6.01. The number of oxazole rings is 1. The largest absolute Gasteiger partial charge is 0.493 e. The van der Waals surface area contributed by atoms with Crippen LogP contribution in [-0.4, -0.2) is 30.5 Å². The number of aromatic nitrogens is 1. The van der Waals surface area contributed by atoms with Gasteiger partial charge in [0.15, 0.2) is 18.1 Å². The van der Waals surface area contributed by atoms with E-state index in [0.717, 1.165) is 5.56 Å². The fourth-order valence-electron chi connectivity index (χ4n) is 3.22. The molecule has 1 heterocycles. The summed E-state index contributed by atoms with van der Waals surface area (Å²) in [5.41, 5.74) is 2.43. The maximum absolute atomic E-state index is 12.5. The zero-order chi connectivity index (χ0) is 23.8. The van der Waals surface area contributed by atoms with Gasteiger partial charge in [-0.1, -0.05) is 36.4 Å². The third-order valence-corrected chi connectivity index (χ3v) is 4.77. The first-order valence-electron chi connectivity index (χ1n) is 10.6. The Kier molecular flexibility index (Phi) is 7.19. The summed E-state index contributed by atoms with van der Waals surface area (Å²) in [6.07, 6.45) is 1.53. The molecule has 0 saturated heterocycles. The Hall–Kier alpha value is -4.59. The number of methoxy groups -OCH3 is 1. The van der Waals surface area contributed by atoms with Crippen LogP contribution in [0.25, 0.3) is 11.5 Å². The molecule has 3 aromatic carbocycles. The Morgan fingerprint density at radius 3 is 2.26 bits per heavy atom. The monoisotopic (exact) mass is 457 g/mol. The molecule has 0 aliphatic carbocycles. The number of hydrogen-bond donors (Lipinski definition) is 2. The zero-order valence-corrected chi connectivity index (χ0v) is 18.5. The highest BCUT2D eigenvalue weighted by Crippen LogP contribution is 2.25. The summed E-state index contributed by atoms with van der Waals surface area (Å²) in [5.74, 6) is 0.886. The summed E-state index contributed by atoms with van der Waals surface area (Å²) in [6, 6.07) is 23.4. The molecular weight excluding hydrogens is 434 g/mol. The topological polar surface area (TPSA) is 103 Å².